The van der Waals surface area contributed by atoms with Crippen LogP contribution in [0.25, 0.3) is 22.5 Å². The van der Waals surface area contributed by atoms with E-state index >= 15 is 0 Å². The van der Waals surface area contributed by atoms with Gasteiger partial charge in [0.1, 0.15) is 11.9 Å². The maximum atomic E-state index is 11.1. The predicted octanol–water partition coefficient (Wildman–Crippen LogP) is 4.36. The second-order valence-electron chi connectivity index (χ2n) is 7.68. The van der Waals surface area contributed by atoms with Crippen molar-refractivity contribution in [1.82, 2.24) is 20.3 Å². The first kappa shape index (κ1) is 17.3. The molecular formula is C22H23N5O. The normalized spacial score (nSPS) is 19.5. The maximum absolute atomic E-state index is 11.1. The van der Waals surface area contributed by atoms with Crippen molar-refractivity contribution in [3.05, 3.63) is 64.6 Å². The second-order valence-corrected chi connectivity index (χ2v) is 7.68. The highest BCUT2D eigenvalue weighted by molar-refractivity contribution is 5.79. The third-order valence-corrected chi connectivity index (χ3v) is 6.01. The molecule has 1 saturated heterocycles. The molecule has 3 heterocycles. The largest absolute Gasteiger partial charge is 0.341 e. The highest BCUT2D eigenvalue weighted by Crippen LogP contribution is 2.39. The van der Waals surface area contributed by atoms with Gasteiger partial charge in [0.2, 0.25) is 0 Å². The number of aromatic amines is 1. The van der Waals surface area contributed by atoms with E-state index in [1.165, 1.54) is 5.56 Å². The van der Waals surface area contributed by atoms with Gasteiger partial charge in [-0.25, -0.2) is 4.98 Å². The predicted molar refractivity (Wildman–Crippen MR) is 109 cm³/mol. The zero-order valence-corrected chi connectivity index (χ0v) is 15.7. The van der Waals surface area contributed by atoms with E-state index in [-0.39, 0.29) is 6.04 Å². The molecule has 2 aromatic heterocycles. The Kier molecular flexibility index (Phi) is 4.49. The van der Waals surface area contributed by atoms with Gasteiger partial charge in [-0.05, 0) is 68.1 Å². The Morgan fingerprint density at radius 3 is 2.61 bits per heavy atom. The number of hydrogen-bond donors (Lipinski definition) is 2. The Bertz CT molecular complexity index is 991. The lowest BCUT2D eigenvalue weighted by molar-refractivity contribution is 0.447. The van der Waals surface area contributed by atoms with E-state index in [0.717, 1.165) is 72.7 Å². The first-order valence-corrected chi connectivity index (χ1v) is 10.00. The molecule has 6 heteroatoms. The van der Waals surface area contributed by atoms with Gasteiger partial charge in [0.05, 0.1) is 11.4 Å². The van der Waals surface area contributed by atoms with Gasteiger partial charge in [-0.3, -0.25) is 4.98 Å². The van der Waals surface area contributed by atoms with Crippen molar-refractivity contribution in [1.29, 1.82) is 0 Å². The van der Waals surface area contributed by atoms with Crippen molar-refractivity contribution in [3.63, 3.8) is 0 Å². The number of pyridine rings is 1. The van der Waals surface area contributed by atoms with Gasteiger partial charge in [0.25, 0.3) is 0 Å². The fraction of sp³-hybridized carbons (Fsp3) is 0.364. The fourth-order valence-corrected chi connectivity index (χ4v) is 4.47. The van der Waals surface area contributed by atoms with Gasteiger partial charge >= 0.3 is 0 Å². The Morgan fingerprint density at radius 2 is 1.82 bits per heavy atom. The molecule has 1 atom stereocenters. The van der Waals surface area contributed by atoms with Gasteiger partial charge in [-0.15, -0.1) is 0 Å². The molecule has 1 unspecified atom stereocenters. The number of fused-ring (bicyclic) bond motifs is 1. The smallest absolute Gasteiger partial charge is 0.117 e. The zero-order chi connectivity index (χ0) is 18.9. The van der Waals surface area contributed by atoms with E-state index in [2.05, 4.69) is 38.7 Å². The van der Waals surface area contributed by atoms with Crippen LogP contribution in [0.4, 0.5) is 0 Å². The number of nitrogens with one attached hydrogen (secondary N) is 2. The molecule has 5 rings (SSSR count). The Hall–Kier alpha value is -2.86. The number of H-pyrrole nitrogens is 1. The minimum Gasteiger partial charge on any atom is -0.341 e. The summed E-state index contributed by atoms with van der Waals surface area (Å²) in [5.74, 6) is 1.52. The maximum Gasteiger partial charge on any atom is 0.117 e. The number of nitroso groups, excluding NO2 is 1. The summed E-state index contributed by atoms with van der Waals surface area (Å²) in [5, 5.41) is 6.70. The van der Waals surface area contributed by atoms with Crippen LogP contribution >= 0.6 is 0 Å². The van der Waals surface area contributed by atoms with E-state index in [1.54, 1.807) is 0 Å². The number of benzene rings is 1. The Labute approximate surface area is 163 Å². The molecule has 142 valence electrons. The zero-order valence-electron chi connectivity index (χ0n) is 15.7. The van der Waals surface area contributed by atoms with E-state index in [4.69, 9.17) is 4.98 Å². The molecule has 28 heavy (non-hydrogen) atoms. The highest BCUT2D eigenvalue weighted by Gasteiger charge is 2.26. The molecule has 0 bridgehead atoms. The van der Waals surface area contributed by atoms with Gasteiger partial charge < -0.3 is 10.3 Å². The summed E-state index contributed by atoms with van der Waals surface area (Å²) in [6.07, 6.45) is 7.52. The lowest BCUT2D eigenvalue weighted by Gasteiger charge is -2.20. The molecule has 1 aliphatic carbocycles. The summed E-state index contributed by atoms with van der Waals surface area (Å²) >= 11 is 0. The number of aryl methyl sites for hydroxylation is 1. The molecule has 2 aliphatic rings. The average molecular weight is 373 g/mol. The van der Waals surface area contributed by atoms with Crippen molar-refractivity contribution in [2.45, 2.75) is 37.6 Å². The molecule has 0 radical (unpaired) electrons. The molecule has 0 saturated carbocycles. The van der Waals surface area contributed by atoms with E-state index in [1.807, 2.05) is 24.5 Å². The molecule has 1 aliphatic heterocycles. The van der Waals surface area contributed by atoms with Crippen LogP contribution < -0.4 is 5.32 Å². The minimum absolute atomic E-state index is 0.201. The van der Waals surface area contributed by atoms with Crippen LogP contribution in [0.5, 0.6) is 0 Å². The topological polar surface area (TPSA) is 83.0 Å². The number of aromatic nitrogens is 3. The molecule has 3 aromatic rings. The summed E-state index contributed by atoms with van der Waals surface area (Å²) < 4.78 is 0. The van der Waals surface area contributed by atoms with E-state index in [0.29, 0.717) is 5.92 Å². The summed E-state index contributed by atoms with van der Waals surface area (Å²) in [6.45, 7) is 2.06. The van der Waals surface area contributed by atoms with Crippen molar-refractivity contribution >= 4 is 0 Å². The number of hydrogen-bond acceptors (Lipinski definition) is 5. The second kappa shape index (κ2) is 7.28. The lowest BCUT2D eigenvalue weighted by atomic mass is 9.97. The molecule has 2 N–H and O–H groups in total. The lowest BCUT2D eigenvalue weighted by Crippen LogP contribution is -2.27. The van der Waals surface area contributed by atoms with Gasteiger partial charge in [0, 0.05) is 29.4 Å². The van der Waals surface area contributed by atoms with Crippen LogP contribution in [-0.2, 0) is 6.42 Å². The first-order chi connectivity index (χ1) is 13.8. The summed E-state index contributed by atoms with van der Waals surface area (Å²) in [6, 6.07) is 10.2. The number of rotatable bonds is 4. The fourth-order valence-electron chi connectivity index (χ4n) is 4.47. The summed E-state index contributed by atoms with van der Waals surface area (Å²) in [4.78, 5) is 23.9. The molecule has 1 aromatic carbocycles. The molecule has 1 fully saturated rings. The Balaban J connectivity index is 1.60. The highest BCUT2D eigenvalue weighted by atomic mass is 16.3. The van der Waals surface area contributed by atoms with Gasteiger partial charge in [-0.2, -0.15) is 4.91 Å². The van der Waals surface area contributed by atoms with Crippen molar-refractivity contribution in [2.24, 2.45) is 5.18 Å². The van der Waals surface area contributed by atoms with Crippen LogP contribution in [0.2, 0.25) is 0 Å². The van der Waals surface area contributed by atoms with Crippen molar-refractivity contribution < 1.29 is 0 Å². The molecule has 6 nitrogen and oxygen atoms in total. The van der Waals surface area contributed by atoms with Crippen LogP contribution in [0.3, 0.4) is 0 Å². The average Bonchev–Trinajstić information content (AvgIpc) is 3.39. The molecular weight excluding hydrogens is 350 g/mol. The number of nitrogens with zero attached hydrogens (tertiary/aromatic N) is 3. The number of imidazole rings is 1. The monoisotopic (exact) mass is 373 g/mol. The third kappa shape index (κ3) is 3.03. The van der Waals surface area contributed by atoms with Crippen molar-refractivity contribution in [3.8, 4) is 22.5 Å². The van der Waals surface area contributed by atoms with E-state index in [9.17, 15) is 4.91 Å². The van der Waals surface area contributed by atoms with Crippen LogP contribution in [0.15, 0.2) is 47.9 Å². The van der Waals surface area contributed by atoms with Crippen LogP contribution in [-0.4, -0.2) is 28.0 Å². The minimum atomic E-state index is -0.201. The molecule has 0 spiro atoms. The van der Waals surface area contributed by atoms with Gasteiger partial charge in [-0.1, -0.05) is 17.3 Å². The van der Waals surface area contributed by atoms with Crippen molar-refractivity contribution in [2.75, 3.05) is 13.1 Å². The quantitative estimate of drug-likeness (QED) is 0.666. The Morgan fingerprint density at radius 1 is 1.00 bits per heavy atom. The third-order valence-electron chi connectivity index (χ3n) is 6.01. The molecule has 0 amide bonds. The summed E-state index contributed by atoms with van der Waals surface area (Å²) in [7, 11) is 0. The van der Waals surface area contributed by atoms with Crippen LogP contribution in [0, 0.1) is 4.91 Å². The SMILES string of the molecule is O=NC1CCc2cc(-c3nc(C4CCNCC4)[nH]c3-c3ccncc3)ccc21. The van der Waals surface area contributed by atoms with Crippen LogP contribution in [0.1, 0.15) is 48.2 Å². The summed E-state index contributed by atoms with van der Waals surface area (Å²) in [5.41, 5.74) is 6.48. The first-order valence-electron chi connectivity index (χ1n) is 10.00. The van der Waals surface area contributed by atoms with E-state index < -0.39 is 0 Å². The van der Waals surface area contributed by atoms with Gasteiger partial charge in [0.15, 0.2) is 0 Å². The standard InChI is InChI=1S/C22H23N5O/c28-27-19-4-2-16-13-17(1-3-18(16)19)21-20(14-5-9-23-10-6-14)25-22(26-21)15-7-11-24-12-8-15/h1,3,5-6,9-10,13,15,19,24H,2,4,7-8,11-12H2,(H,25,26). The number of piperidine rings is 1.